The molecular weight excluding hydrogens is 244 g/mol. The predicted molar refractivity (Wildman–Crippen MR) is 68.8 cm³/mol. The first-order valence-corrected chi connectivity index (χ1v) is 5.76. The summed E-state index contributed by atoms with van der Waals surface area (Å²) in [5.74, 6) is -0.0409. The van der Waals surface area contributed by atoms with Crippen LogP contribution in [0.15, 0.2) is 24.3 Å². The van der Waals surface area contributed by atoms with Crippen molar-refractivity contribution in [3.8, 4) is 0 Å². The van der Waals surface area contributed by atoms with Crippen molar-refractivity contribution in [2.45, 2.75) is 19.4 Å². The van der Waals surface area contributed by atoms with Gasteiger partial charge in [0, 0.05) is 12.5 Å². The number of hydrogen-bond donors (Lipinski definition) is 1. The fourth-order valence-electron chi connectivity index (χ4n) is 1.78. The molecule has 0 spiro atoms. The molecule has 1 aliphatic heterocycles. The van der Waals surface area contributed by atoms with E-state index < -0.39 is 0 Å². The summed E-state index contributed by atoms with van der Waals surface area (Å²) in [5.41, 5.74) is 0.835. The van der Waals surface area contributed by atoms with Crippen LogP contribution in [0, 0.1) is 0 Å². The van der Waals surface area contributed by atoms with Gasteiger partial charge in [-0.2, -0.15) is 0 Å². The van der Waals surface area contributed by atoms with E-state index >= 15 is 0 Å². The van der Waals surface area contributed by atoms with Crippen molar-refractivity contribution in [3.05, 3.63) is 29.3 Å². The van der Waals surface area contributed by atoms with E-state index in [4.69, 9.17) is 23.8 Å². The quantitative estimate of drug-likeness (QED) is 0.781. The van der Waals surface area contributed by atoms with Crippen LogP contribution in [0.4, 0.5) is 5.69 Å². The van der Waals surface area contributed by atoms with Gasteiger partial charge in [0.1, 0.15) is 0 Å². The number of nitrogens with zero attached hydrogens (tertiary/aromatic N) is 1. The maximum absolute atomic E-state index is 11.3. The summed E-state index contributed by atoms with van der Waals surface area (Å²) < 4.78 is 0. The highest BCUT2D eigenvalue weighted by Gasteiger charge is 2.28. The molecule has 1 amide bonds. The molecule has 84 valence electrons. The Morgan fingerprint density at radius 1 is 1.50 bits per heavy atom. The van der Waals surface area contributed by atoms with Gasteiger partial charge in [-0.3, -0.25) is 4.79 Å². The average Bonchev–Trinajstić information content (AvgIpc) is 2.19. The summed E-state index contributed by atoms with van der Waals surface area (Å²) in [5, 5.41) is 3.69. The summed E-state index contributed by atoms with van der Waals surface area (Å²) in [6.45, 7) is 1.95. The van der Waals surface area contributed by atoms with E-state index in [1.165, 1.54) is 0 Å². The van der Waals surface area contributed by atoms with Gasteiger partial charge in [0.05, 0.1) is 10.7 Å². The van der Waals surface area contributed by atoms with Gasteiger partial charge < -0.3 is 10.2 Å². The molecule has 2 rings (SSSR count). The third-order valence-corrected chi connectivity index (χ3v) is 3.12. The molecule has 16 heavy (non-hydrogen) atoms. The van der Waals surface area contributed by atoms with Crippen molar-refractivity contribution in [1.29, 1.82) is 0 Å². The predicted octanol–water partition coefficient (Wildman–Crippen LogP) is 2.34. The molecule has 5 heteroatoms. The van der Waals surface area contributed by atoms with Crippen molar-refractivity contribution in [1.82, 2.24) is 5.32 Å². The standard InChI is InChI=1S/C11H11ClN2OS/c1-7-6-10(15)13-11(16)14(7)9-5-3-2-4-8(9)12/h2-5,7H,6H2,1H3,(H,13,15,16). The van der Waals surface area contributed by atoms with Gasteiger partial charge >= 0.3 is 0 Å². The zero-order chi connectivity index (χ0) is 11.7. The van der Waals surface area contributed by atoms with Gasteiger partial charge in [-0.05, 0) is 31.3 Å². The second kappa shape index (κ2) is 4.39. The number of amides is 1. The van der Waals surface area contributed by atoms with E-state index in [1.54, 1.807) is 0 Å². The van der Waals surface area contributed by atoms with Crippen molar-refractivity contribution in [2.24, 2.45) is 0 Å². The largest absolute Gasteiger partial charge is 0.314 e. The molecule has 1 fully saturated rings. The Morgan fingerprint density at radius 3 is 2.81 bits per heavy atom. The Kier molecular flexibility index (Phi) is 3.12. The Bertz CT molecular complexity index is 449. The number of hydrogen-bond acceptors (Lipinski definition) is 2. The minimum absolute atomic E-state index is 0.0288. The minimum Gasteiger partial charge on any atom is -0.314 e. The number of halogens is 1. The molecule has 1 unspecified atom stereocenters. The first-order chi connectivity index (χ1) is 7.59. The normalized spacial score (nSPS) is 20.9. The maximum atomic E-state index is 11.3. The monoisotopic (exact) mass is 254 g/mol. The fourth-order valence-corrected chi connectivity index (χ4v) is 2.40. The van der Waals surface area contributed by atoms with Gasteiger partial charge in [0.15, 0.2) is 5.11 Å². The Hall–Kier alpha value is -1.13. The molecule has 0 saturated carbocycles. The lowest BCUT2D eigenvalue weighted by Gasteiger charge is -2.35. The number of carbonyl (C=O) groups excluding carboxylic acids is 1. The van der Waals surface area contributed by atoms with E-state index in [9.17, 15) is 4.79 Å². The zero-order valence-electron chi connectivity index (χ0n) is 8.74. The molecule has 1 aromatic rings. The SMILES string of the molecule is CC1CC(=O)NC(=S)N1c1ccccc1Cl. The smallest absolute Gasteiger partial charge is 0.228 e. The fraction of sp³-hybridized carbons (Fsp3) is 0.273. The molecule has 3 nitrogen and oxygen atoms in total. The molecule has 1 saturated heterocycles. The lowest BCUT2D eigenvalue weighted by molar-refractivity contribution is -0.120. The molecular formula is C11H11ClN2OS. The molecule has 0 radical (unpaired) electrons. The molecule has 0 aliphatic carbocycles. The average molecular weight is 255 g/mol. The van der Waals surface area contributed by atoms with Gasteiger partial charge in [-0.25, -0.2) is 0 Å². The molecule has 1 aromatic carbocycles. The summed E-state index contributed by atoms with van der Waals surface area (Å²) in [4.78, 5) is 13.2. The Balaban J connectivity index is 2.37. The lowest BCUT2D eigenvalue weighted by Crippen LogP contribution is -2.54. The molecule has 1 aliphatic rings. The Morgan fingerprint density at radius 2 is 2.19 bits per heavy atom. The highest BCUT2D eigenvalue weighted by molar-refractivity contribution is 7.80. The van der Waals surface area contributed by atoms with Crippen LogP contribution < -0.4 is 10.2 Å². The van der Waals surface area contributed by atoms with Crippen LogP contribution >= 0.6 is 23.8 Å². The van der Waals surface area contributed by atoms with Crippen LogP contribution in [0.3, 0.4) is 0 Å². The van der Waals surface area contributed by atoms with Crippen LogP contribution in [-0.4, -0.2) is 17.1 Å². The third kappa shape index (κ3) is 2.03. The second-order valence-electron chi connectivity index (χ2n) is 3.73. The topological polar surface area (TPSA) is 32.3 Å². The number of para-hydroxylation sites is 1. The molecule has 1 N–H and O–H groups in total. The van der Waals surface area contributed by atoms with Crippen molar-refractivity contribution in [3.63, 3.8) is 0 Å². The minimum atomic E-state index is -0.0409. The second-order valence-corrected chi connectivity index (χ2v) is 4.52. The van der Waals surface area contributed by atoms with Gasteiger partial charge in [0.25, 0.3) is 0 Å². The van der Waals surface area contributed by atoms with Crippen LogP contribution in [0.2, 0.25) is 5.02 Å². The number of nitrogens with one attached hydrogen (secondary N) is 1. The van der Waals surface area contributed by atoms with E-state index in [0.29, 0.717) is 16.6 Å². The first-order valence-electron chi connectivity index (χ1n) is 4.97. The highest BCUT2D eigenvalue weighted by atomic mass is 35.5. The number of benzene rings is 1. The van der Waals surface area contributed by atoms with Gasteiger partial charge in [0.2, 0.25) is 5.91 Å². The highest BCUT2D eigenvalue weighted by Crippen LogP contribution is 2.29. The summed E-state index contributed by atoms with van der Waals surface area (Å²) >= 11 is 11.3. The van der Waals surface area contributed by atoms with Crippen molar-refractivity contribution < 1.29 is 4.79 Å². The van der Waals surface area contributed by atoms with Crippen LogP contribution in [0.5, 0.6) is 0 Å². The van der Waals surface area contributed by atoms with E-state index in [1.807, 2.05) is 36.1 Å². The van der Waals surface area contributed by atoms with Gasteiger partial charge in [-0.15, -0.1) is 0 Å². The van der Waals surface area contributed by atoms with E-state index in [0.717, 1.165) is 5.69 Å². The first kappa shape index (κ1) is 11.4. The lowest BCUT2D eigenvalue weighted by atomic mass is 10.1. The summed E-state index contributed by atoms with van der Waals surface area (Å²) in [6.07, 6.45) is 0.422. The maximum Gasteiger partial charge on any atom is 0.228 e. The molecule has 0 bridgehead atoms. The number of carbonyl (C=O) groups is 1. The van der Waals surface area contributed by atoms with Crippen LogP contribution in [0.25, 0.3) is 0 Å². The van der Waals surface area contributed by atoms with Crippen LogP contribution in [-0.2, 0) is 4.79 Å². The number of anilines is 1. The van der Waals surface area contributed by atoms with E-state index in [-0.39, 0.29) is 11.9 Å². The summed E-state index contributed by atoms with van der Waals surface area (Å²) in [7, 11) is 0. The molecule has 1 heterocycles. The molecule has 0 aromatic heterocycles. The summed E-state index contributed by atoms with van der Waals surface area (Å²) in [6, 6.07) is 7.49. The van der Waals surface area contributed by atoms with Gasteiger partial charge in [-0.1, -0.05) is 23.7 Å². The van der Waals surface area contributed by atoms with E-state index in [2.05, 4.69) is 5.32 Å². The zero-order valence-corrected chi connectivity index (χ0v) is 10.3. The number of thiocarbonyl (C=S) groups is 1. The third-order valence-electron chi connectivity index (χ3n) is 2.50. The molecule has 1 atom stereocenters. The van der Waals surface area contributed by atoms with Crippen molar-refractivity contribution in [2.75, 3.05) is 4.90 Å². The van der Waals surface area contributed by atoms with Crippen LogP contribution in [0.1, 0.15) is 13.3 Å². The number of rotatable bonds is 1. The Labute approximate surface area is 104 Å². The van der Waals surface area contributed by atoms with Crippen molar-refractivity contribution >= 4 is 40.5 Å².